The van der Waals surface area contributed by atoms with Gasteiger partial charge in [-0.15, -0.1) is 0 Å². The molecule has 0 saturated carbocycles. The molecule has 0 aromatic carbocycles. The van der Waals surface area contributed by atoms with Gasteiger partial charge in [-0.05, 0) is 19.3 Å². The molecule has 118 valence electrons. The highest BCUT2D eigenvalue weighted by atomic mass is 16.3. The Morgan fingerprint density at radius 1 is 0.684 bits per heavy atom. The van der Waals surface area contributed by atoms with Gasteiger partial charge in [0.15, 0.2) is 0 Å². The molecule has 1 atom stereocenters. The number of hydrogen-bond donors (Lipinski definition) is 3. The van der Waals surface area contributed by atoms with E-state index >= 15 is 0 Å². The van der Waals surface area contributed by atoms with E-state index in [4.69, 9.17) is 5.11 Å². The van der Waals surface area contributed by atoms with Gasteiger partial charge >= 0.3 is 0 Å². The third-order valence-corrected chi connectivity index (χ3v) is 3.59. The van der Waals surface area contributed by atoms with Gasteiger partial charge in [-0.25, -0.2) is 0 Å². The van der Waals surface area contributed by atoms with Gasteiger partial charge in [0.2, 0.25) is 0 Å². The topological polar surface area (TPSA) is 75.5 Å². The fraction of sp³-hybridized carbons (Fsp3) is 1.00. The summed E-state index contributed by atoms with van der Waals surface area (Å²) < 4.78 is 0. The lowest BCUT2D eigenvalue weighted by Gasteiger charge is -2.10. The maximum atomic E-state index is 9.79. The lowest BCUT2D eigenvalue weighted by molar-refractivity contribution is 0.147. The van der Waals surface area contributed by atoms with Crippen LogP contribution in [0.15, 0.2) is 0 Å². The predicted octanol–water partition coefficient (Wildman–Crippen LogP) is 4.59. The molecular formula is C16H37NO2. The zero-order chi connectivity index (χ0) is 13.5. The van der Waals surface area contributed by atoms with Crippen LogP contribution in [0.2, 0.25) is 0 Å². The van der Waals surface area contributed by atoms with Crippen molar-refractivity contribution in [2.24, 2.45) is 0 Å². The lowest BCUT2D eigenvalue weighted by atomic mass is 10.0. The Hall–Kier alpha value is -0.120. The number of aliphatic hydroxyl groups is 2. The summed E-state index contributed by atoms with van der Waals surface area (Å²) in [6, 6.07) is 0. The molecule has 5 N–H and O–H groups in total. The second-order valence-electron chi connectivity index (χ2n) is 5.49. The Labute approximate surface area is 120 Å². The van der Waals surface area contributed by atoms with Gasteiger partial charge in [-0.1, -0.05) is 71.1 Å². The minimum absolute atomic E-state index is 0. The van der Waals surface area contributed by atoms with Crippen molar-refractivity contribution in [1.82, 2.24) is 6.15 Å². The molecule has 0 radical (unpaired) electrons. The van der Waals surface area contributed by atoms with Gasteiger partial charge < -0.3 is 16.4 Å². The van der Waals surface area contributed by atoms with Crippen molar-refractivity contribution in [3.63, 3.8) is 0 Å². The van der Waals surface area contributed by atoms with Crippen LogP contribution in [0, 0.1) is 0 Å². The van der Waals surface area contributed by atoms with E-state index in [2.05, 4.69) is 6.92 Å². The molecule has 0 spiro atoms. The fourth-order valence-corrected chi connectivity index (χ4v) is 2.33. The minimum Gasteiger partial charge on any atom is -0.396 e. The van der Waals surface area contributed by atoms with Crippen LogP contribution < -0.4 is 6.15 Å². The summed E-state index contributed by atoms with van der Waals surface area (Å²) in [5, 5.41) is 18.4. The van der Waals surface area contributed by atoms with Crippen molar-refractivity contribution in [2.75, 3.05) is 6.61 Å². The molecule has 0 fully saturated rings. The van der Waals surface area contributed by atoms with Crippen LogP contribution in [-0.2, 0) is 0 Å². The fourth-order valence-electron chi connectivity index (χ4n) is 2.33. The van der Waals surface area contributed by atoms with Crippen LogP contribution in [0.25, 0.3) is 0 Å². The quantitative estimate of drug-likeness (QED) is 0.406. The molecule has 0 aromatic rings. The molecule has 0 saturated heterocycles. The number of rotatable bonds is 14. The second-order valence-corrected chi connectivity index (χ2v) is 5.49. The molecule has 0 aliphatic carbocycles. The van der Waals surface area contributed by atoms with Crippen LogP contribution in [0.1, 0.15) is 90.4 Å². The number of aliphatic hydroxyl groups excluding tert-OH is 2. The molecule has 0 aliphatic rings. The zero-order valence-corrected chi connectivity index (χ0v) is 13.1. The highest BCUT2D eigenvalue weighted by molar-refractivity contribution is 4.57. The van der Waals surface area contributed by atoms with E-state index in [1.165, 1.54) is 57.8 Å². The third kappa shape index (κ3) is 17.9. The molecule has 3 heteroatoms. The van der Waals surface area contributed by atoms with E-state index in [9.17, 15) is 5.11 Å². The first-order valence-corrected chi connectivity index (χ1v) is 8.10. The summed E-state index contributed by atoms with van der Waals surface area (Å²) in [6.45, 7) is 2.56. The molecule has 19 heavy (non-hydrogen) atoms. The van der Waals surface area contributed by atoms with E-state index in [0.29, 0.717) is 6.61 Å². The normalized spacial score (nSPS) is 12.2. The van der Waals surface area contributed by atoms with Crippen LogP contribution in [0.4, 0.5) is 0 Å². The first-order valence-electron chi connectivity index (χ1n) is 8.10. The van der Waals surface area contributed by atoms with Gasteiger partial charge in [0, 0.05) is 6.61 Å². The summed E-state index contributed by atoms with van der Waals surface area (Å²) in [6.07, 6.45) is 15.3. The zero-order valence-electron chi connectivity index (χ0n) is 13.1. The van der Waals surface area contributed by atoms with Crippen molar-refractivity contribution in [2.45, 2.75) is 96.5 Å². The lowest BCUT2D eigenvalue weighted by Crippen LogP contribution is -2.05. The first-order chi connectivity index (χ1) is 8.81. The second kappa shape index (κ2) is 17.9. The van der Waals surface area contributed by atoms with Crippen molar-refractivity contribution in [1.29, 1.82) is 0 Å². The highest BCUT2D eigenvalue weighted by Crippen LogP contribution is 2.13. The minimum atomic E-state index is -0.0590. The Balaban J connectivity index is 0. The molecule has 0 aliphatic heterocycles. The summed E-state index contributed by atoms with van der Waals surface area (Å²) in [5.74, 6) is 0. The number of hydrogen-bond acceptors (Lipinski definition) is 3. The van der Waals surface area contributed by atoms with Crippen LogP contribution >= 0.6 is 0 Å². The van der Waals surface area contributed by atoms with Crippen molar-refractivity contribution >= 4 is 0 Å². The van der Waals surface area contributed by atoms with E-state index in [-0.39, 0.29) is 12.3 Å². The summed E-state index contributed by atoms with van der Waals surface area (Å²) in [7, 11) is 0. The van der Waals surface area contributed by atoms with Crippen molar-refractivity contribution in [3.05, 3.63) is 0 Å². The summed E-state index contributed by atoms with van der Waals surface area (Å²) in [5.41, 5.74) is 0. The standard InChI is InChI=1S/C16H34O2.H3N/c1-2-3-4-10-13-16(18)14-11-8-6-5-7-9-12-15-17;/h16-18H,2-15H2,1H3;1H3. The molecule has 1 unspecified atom stereocenters. The molecule has 3 nitrogen and oxygen atoms in total. The van der Waals surface area contributed by atoms with Gasteiger partial charge in [0.05, 0.1) is 6.10 Å². The highest BCUT2D eigenvalue weighted by Gasteiger charge is 2.03. The maximum absolute atomic E-state index is 9.79. The third-order valence-electron chi connectivity index (χ3n) is 3.59. The Morgan fingerprint density at radius 2 is 1.11 bits per heavy atom. The Bertz CT molecular complexity index is 154. The van der Waals surface area contributed by atoms with E-state index in [1.54, 1.807) is 0 Å². The largest absolute Gasteiger partial charge is 0.396 e. The molecule has 0 bridgehead atoms. The molecule has 0 heterocycles. The van der Waals surface area contributed by atoms with Gasteiger partial charge in [-0.3, -0.25) is 0 Å². The van der Waals surface area contributed by atoms with E-state index in [0.717, 1.165) is 25.7 Å². The van der Waals surface area contributed by atoms with Crippen LogP contribution in [0.3, 0.4) is 0 Å². The van der Waals surface area contributed by atoms with Crippen LogP contribution in [-0.4, -0.2) is 22.9 Å². The Kier molecular flexibility index (Phi) is 19.9. The smallest absolute Gasteiger partial charge is 0.0540 e. The molecular weight excluding hydrogens is 238 g/mol. The van der Waals surface area contributed by atoms with E-state index in [1.807, 2.05) is 0 Å². The maximum Gasteiger partial charge on any atom is 0.0540 e. The van der Waals surface area contributed by atoms with E-state index < -0.39 is 0 Å². The average molecular weight is 275 g/mol. The SMILES string of the molecule is CCCCCCC(O)CCCCCCCCCO.N. The van der Waals surface area contributed by atoms with Crippen molar-refractivity contribution < 1.29 is 10.2 Å². The van der Waals surface area contributed by atoms with Gasteiger partial charge in [-0.2, -0.15) is 0 Å². The average Bonchev–Trinajstić information content (AvgIpc) is 2.38. The molecule has 0 rings (SSSR count). The summed E-state index contributed by atoms with van der Waals surface area (Å²) >= 11 is 0. The Morgan fingerprint density at radius 3 is 1.58 bits per heavy atom. The van der Waals surface area contributed by atoms with Gasteiger partial charge in [0.25, 0.3) is 0 Å². The predicted molar refractivity (Wildman–Crippen MR) is 83.8 cm³/mol. The first kappa shape index (κ1) is 21.2. The number of unbranched alkanes of at least 4 members (excludes halogenated alkanes) is 9. The molecule has 0 amide bonds. The van der Waals surface area contributed by atoms with Gasteiger partial charge in [0.1, 0.15) is 0 Å². The van der Waals surface area contributed by atoms with Crippen molar-refractivity contribution in [3.8, 4) is 0 Å². The monoisotopic (exact) mass is 275 g/mol. The van der Waals surface area contributed by atoms with Crippen LogP contribution in [0.5, 0.6) is 0 Å². The summed E-state index contributed by atoms with van der Waals surface area (Å²) in [4.78, 5) is 0. The molecule has 0 aromatic heterocycles.